The number of nitriles is 2. The van der Waals surface area contributed by atoms with Gasteiger partial charge in [0.15, 0.2) is 0 Å². The second-order valence-electron chi connectivity index (χ2n) is 8.46. The first-order valence-corrected chi connectivity index (χ1v) is 11.4. The maximum absolute atomic E-state index is 13.9. The highest BCUT2D eigenvalue weighted by atomic mass is 19.1. The number of hydrogen-bond acceptors (Lipinski definition) is 2. The number of rotatable bonds is 3. The minimum Gasteiger partial charge on any atom is -0.339 e. The fourth-order valence-electron chi connectivity index (χ4n) is 5.24. The van der Waals surface area contributed by atoms with Gasteiger partial charge >= 0.3 is 0 Å². The lowest BCUT2D eigenvalue weighted by Gasteiger charge is -2.11. The predicted molar refractivity (Wildman–Crippen MR) is 137 cm³/mol. The smallest absolute Gasteiger partial charge is 0.125 e. The van der Waals surface area contributed by atoms with E-state index in [2.05, 4.69) is 58.5 Å². The van der Waals surface area contributed by atoms with E-state index in [1.165, 1.54) is 33.9 Å². The largest absolute Gasteiger partial charge is 0.339 e. The van der Waals surface area contributed by atoms with E-state index in [1.807, 2.05) is 42.5 Å². The summed E-state index contributed by atoms with van der Waals surface area (Å²) in [5.41, 5.74) is 7.06. The van der Waals surface area contributed by atoms with Crippen molar-refractivity contribution in [2.24, 2.45) is 0 Å². The van der Waals surface area contributed by atoms with Crippen molar-refractivity contribution in [2.45, 2.75) is 13.5 Å². The molecule has 0 saturated heterocycles. The maximum Gasteiger partial charge on any atom is 0.125 e. The van der Waals surface area contributed by atoms with E-state index >= 15 is 0 Å². The zero-order valence-corrected chi connectivity index (χ0v) is 19.0. The number of fused-ring (bicyclic) bond motifs is 5. The zero-order chi connectivity index (χ0) is 24.1. The fraction of sp³-hybridized carbons (Fsp3) is 0.0667. The molecule has 6 aromatic rings. The second kappa shape index (κ2) is 7.87. The van der Waals surface area contributed by atoms with Gasteiger partial charge in [0.2, 0.25) is 0 Å². The summed E-state index contributed by atoms with van der Waals surface area (Å²) in [7, 11) is 0. The van der Waals surface area contributed by atoms with Gasteiger partial charge in [-0.25, -0.2) is 4.39 Å². The molecule has 0 saturated carbocycles. The average Bonchev–Trinajstić information content (AvgIpc) is 3.40. The lowest BCUT2D eigenvalue weighted by Crippen LogP contribution is -1.95. The Hall–Kier alpha value is -4.87. The topological polar surface area (TPSA) is 57.4 Å². The van der Waals surface area contributed by atoms with Gasteiger partial charge in [-0.3, -0.25) is 0 Å². The third-order valence-corrected chi connectivity index (χ3v) is 6.64. The van der Waals surface area contributed by atoms with Crippen LogP contribution in [-0.2, 0) is 6.54 Å². The van der Waals surface area contributed by atoms with Crippen molar-refractivity contribution >= 4 is 32.8 Å². The van der Waals surface area contributed by atoms with Gasteiger partial charge in [0, 0.05) is 28.6 Å². The van der Waals surface area contributed by atoms with Crippen molar-refractivity contribution in [3.8, 4) is 29.0 Å². The Labute approximate surface area is 201 Å². The van der Waals surface area contributed by atoms with Crippen molar-refractivity contribution < 1.29 is 4.39 Å². The van der Waals surface area contributed by atoms with E-state index in [1.54, 1.807) is 0 Å². The molecule has 0 atom stereocenters. The molecule has 0 unspecified atom stereocenters. The van der Waals surface area contributed by atoms with E-state index in [4.69, 9.17) is 0 Å². The summed E-state index contributed by atoms with van der Waals surface area (Å²) in [6, 6.07) is 31.0. The number of hydrogen-bond donors (Lipinski definition) is 0. The molecule has 0 fully saturated rings. The van der Waals surface area contributed by atoms with Crippen LogP contribution < -0.4 is 0 Å². The Kier molecular flexibility index (Phi) is 4.66. The van der Waals surface area contributed by atoms with Crippen LogP contribution in [0, 0.1) is 28.5 Å². The molecule has 5 heteroatoms. The minimum atomic E-state index is -0.591. The Morgan fingerprint density at radius 2 is 1.31 bits per heavy atom. The quantitative estimate of drug-likeness (QED) is 0.281. The Morgan fingerprint density at radius 3 is 1.91 bits per heavy atom. The van der Waals surface area contributed by atoms with E-state index in [-0.39, 0.29) is 11.1 Å². The van der Waals surface area contributed by atoms with Gasteiger partial charge in [0.25, 0.3) is 0 Å². The summed E-state index contributed by atoms with van der Waals surface area (Å²) < 4.78 is 18.5. The van der Waals surface area contributed by atoms with Crippen molar-refractivity contribution in [2.75, 3.05) is 0 Å². The molecule has 2 heterocycles. The van der Waals surface area contributed by atoms with Crippen LogP contribution in [0.25, 0.3) is 49.7 Å². The molecule has 0 amide bonds. The highest BCUT2D eigenvalue weighted by molar-refractivity contribution is 6.19. The Bertz CT molecular complexity index is 1820. The van der Waals surface area contributed by atoms with Crippen LogP contribution in [0.4, 0.5) is 4.39 Å². The third kappa shape index (κ3) is 2.96. The number of aryl methyl sites for hydroxylation is 1. The maximum atomic E-state index is 13.9. The van der Waals surface area contributed by atoms with E-state index in [0.717, 1.165) is 23.3 Å². The number of nitrogens with zero attached hydrogens (tertiary/aromatic N) is 4. The van der Waals surface area contributed by atoms with Gasteiger partial charge in [0.05, 0.1) is 45.3 Å². The van der Waals surface area contributed by atoms with Crippen LogP contribution >= 0.6 is 0 Å². The number of para-hydroxylation sites is 2. The number of halogens is 1. The van der Waals surface area contributed by atoms with E-state index < -0.39 is 5.82 Å². The lowest BCUT2D eigenvalue weighted by molar-refractivity contribution is 0.627. The Balaban J connectivity index is 1.64. The van der Waals surface area contributed by atoms with Crippen LogP contribution in [0.5, 0.6) is 0 Å². The minimum absolute atomic E-state index is 0.147. The molecular formula is C30H19FN4. The van der Waals surface area contributed by atoms with E-state index in [0.29, 0.717) is 11.1 Å². The molecule has 2 aromatic heterocycles. The Morgan fingerprint density at radius 1 is 0.743 bits per heavy atom. The van der Waals surface area contributed by atoms with E-state index in [9.17, 15) is 14.9 Å². The summed E-state index contributed by atoms with van der Waals surface area (Å²) in [5, 5.41) is 21.5. The highest BCUT2D eigenvalue weighted by Crippen LogP contribution is 2.39. The molecule has 4 nitrogen and oxygen atoms in total. The molecule has 0 aliphatic heterocycles. The van der Waals surface area contributed by atoms with Gasteiger partial charge < -0.3 is 9.13 Å². The number of aromatic nitrogens is 2. The summed E-state index contributed by atoms with van der Waals surface area (Å²) in [4.78, 5) is 0. The van der Waals surface area contributed by atoms with Gasteiger partial charge in [-0.05, 0) is 48.9 Å². The van der Waals surface area contributed by atoms with Crippen LogP contribution in [0.1, 0.15) is 18.1 Å². The molecule has 0 radical (unpaired) electrons. The summed E-state index contributed by atoms with van der Waals surface area (Å²) in [6.07, 6.45) is 0. The summed E-state index contributed by atoms with van der Waals surface area (Å²) in [5.74, 6) is -0.591. The first-order valence-electron chi connectivity index (χ1n) is 11.4. The average molecular weight is 455 g/mol. The van der Waals surface area contributed by atoms with Crippen molar-refractivity contribution in [1.82, 2.24) is 9.13 Å². The monoisotopic (exact) mass is 454 g/mol. The molecule has 35 heavy (non-hydrogen) atoms. The van der Waals surface area contributed by atoms with Crippen molar-refractivity contribution in [3.63, 3.8) is 0 Å². The normalized spacial score (nSPS) is 11.2. The van der Waals surface area contributed by atoms with Crippen LogP contribution in [-0.4, -0.2) is 9.13 Å². The molecule has 0 aliphatic carbocycles. The molecule has 0 N–H and O–H groups in total. The van der Waals surface area contributed by atoms with Crippen molar-refractivity contribution in [1.29, 1.82) is 10.5 Å². The van der Waals surface area contributed by atoms with Gasteiger partial charge in [-0.1, -0.05) is 48.5 Å². The second-order valence-corrected chi connectivity index (χ2v) is 8.46. The van der Waals surface area contributed by atoms with Gasteiger partial charge in [-0.15, -0.1) is 0 Å². The van der Waals surface area contributed by atoms with Crippen LogP contribution in [0.15, 0.2) is 84.9 Å². The lowest BCUT2D eigenvalue weighted by atomic mass is 9.95. The molecule has 4 aromatic carbocycles. The van der Waals surface area contributed by atoms with Gasteiger partial charge in [-0.2, -0.15) is 10.5 Å². The number of benzene rings is 4. The summed E-state index contributed by atoms with van der Waals surface area (Å²) >= 11 is 0. The van der Waals surface area contributed by atoms with Gasteiger partial charge in [0.1, 0.15) is 5.82 Å². The first-order chi connectivity index (χ1) is 17.2. The molecule has 6 rings (SSSR count). The van der Waals surface area contributed by atoms with Crippen LogP contribution in [0.2, 0.25) is 0 Å². The highest BCUT2D eigenvalue weighted by Gasteiger charge is 2.20. The first kappa shape index (κ1) is 20.7. The SMILES string of the molecule is CCn1c2ccccc2c2c1c1ccccc1n2-c1ccc(-c2c(C#N)cc(F)cc2C#N)cc1. The third-order valence-electron chi connectivity index (χ3n) is 6.64. The molecule has 166 valence electrons. The molecule has 0 spiro atoms. The molecular weight excluding hydrogens is 435 g/mol. The molecule has 0 bridgehead atoms. The predicted octanol–water partition coefficient (Wildman–Crippen LogP) is 7.31. The van der Waals surface area contributed by atoms with Crippen LogP contribution in [0.3, 0.4) is 0 Å². The fourth-order valence-corrected chi connectivity index (χ4v) is 5.24. The standard InChI is InChI=1S/C30H19FN4/c1-2-34-26-9-5-3-7-24(26)30-29(34)25-8-4-6-10-27(25)35(30)23-13-11-19(12-14-23)28-20(17-32)15-22(31)16-21(28)18-33/h3-16H,2H2,1H3. The zero-order valence-electron chi connectivity index (χ0n) is 19.0. The van der Waals surface area contributed by atoms with Crippen molar-refractivity contribution in [3.05, 3.63) is 102 Å². The summed E-state index contributed by atoms with van der Waals surface area (Å²) in [6.45, 7) is 3.02. The molecule has 0 aliphatic rings.